The van der Waals surface area contributed by atoms with Gasteiger partial charge in [-0.15, -0.1) is 0 Å². The van der Waals surface area contributed by atoms with E-state index in [4.69, 9.17) is 4.74 Å². The normalized spacial score (nSPS) is 13.4. The van der Waals surface area contributed by atoms with Gasteiger partial charge in [-0.1, -0.05) is 62.4 Å². The number of rotatable bonds is 12. The van der Waals surface area contributed by atoms with Crippen molar-refractivity contribution >= 4 is 9.84 Å². The third-order valence-corrected chi connectivity index (χ3v) is 7.74. The van der Waals surface area contributed by atoms with Crippen LogP contribution < -0.4 is 4.74 Å². The number of aliphatic hydroxyl groups is 1. The molecule has 5 nitrogen and oxygen atoms in total. The number of benzene rings is 3. The number of hydrogen-bond donors (Lipinski definition) is 1. The molecular formula is C30H35F4NO4S. The van der Waals surface area contributed by atoms with Gasteiger partial charge in [0, 0.05) is 42.9 Å². The first kappa shape index (κ1) is 31.6. The molecule has 0 saturated heterocycles. The lowest BCUT2D eigenvalue weighted by Crippen LogP contribution is -2.37. The zero-order chi connectivity index (χ0) is 29.7. The van der Waals surface area contributed by atoms with Crippen molar-refractivity contribution in [1.29, 1.82) is 0 Å². The summed E-state index contributed by atoms with van der Waals surface area (Å²) in [6.45, 7) is 6.80. The highest BCUT2D eigenvalue weighted by molar-refractivity contribution is 7.90. The Morgan fingerprint density at radius 2 is 1.62 bits per heavy atom. The largest absolute Gasteiger partial charge is 0.493 e. The number of hydrogen-bond acceptors (Lipinski definition) is 5. The molecule has 218 valence electrons. The lowest BCUT2D eigenvalue weighted by Gasteiger charge is -2.33. The molecule has 40 heavy (non-hydrogen) atoms. The Morgan fingerprint density at radius 1 is 0.975 bits per heavy atom. The van der Waals surface area contributed by atoms with E-state index in [9.17, 15) is 31.1 Å². The van der Waals surface area contributed by atoms with Gasteiger partial charge in [0.2, 0.25) is 0 Å². The van der Waals surface area contributed by atoms with E-state index in [-0.39, 0.29) is 34.8 Å². The van der Waals surface area contributed by atoms with Crippen LogP contribution in [0.4, 0.5) is 17.6 Å². The first-order valence-corrected chi connectivity index (χ1v) is 14.8. The maximum Gasteiger partial charge on any atom is 0.416 e. The average Bonchev–Trinajstić information content (AvgIpc) is 2.85. The first-order valence-electron chi connectivity index (χ1n) is 12.9. The van der Waals surface area contributed by atoms with Crippen LogP contribution in [0, 0.1) is 5.82 Å². The van der Waals surface area contributed by atoms with Crippen LogP contribution in [-0.4, -0.2) is 44.4 Å². The molecule has 0 aliphatic rings. The topological polar surface area (TPSA) is 66.8 Å². The van der Waals surface area contributed by atoms with Gasteiger partial charge in [-0.05, 0) is 36.6 Å². The van der Waals surface area contributed by atoms with E-state index in [2.05, 4.69) is 13.8 Å². The fourth-order valence-corrected chi connectivity index (χ4v) is 5.70. The molecule has 0 fully saturated rings. The van der Waals surface area contributed by atoms with Crippen LogP contribution in [0.15, 0.2) is 71.6 Å². The van der Waals surface area contributed by atoms with Crippen molar-refractivity contribution in [3.05, 3.63) is 94.8 Å². The third kappa shape index (κ3) is 8.52. The van der Waals surface area contributed by atoms with Gasteiger partial charge < -0.3 is 9.84 Å². The van der Waals surface area contributed by atoms with E-state index >= 15 is 0 Å². The zero-order valence-electron chi connectivity index (χ0n) is 23.0. The number of nitrogens with zero attached hydrogens (tertiary/aromatic N) is 1. The third-order valence-electron chi connectivity index (χ3n) is 6.60. The van der Waals surface area contributed by atoms with Crippen molar-refractivity contribution in [2.45, 2.75) is 56.3 Å². The fourth-order valence-electron chi connectivity index (χ4n) is 4.70. The van der Waals surface area contributed by atoms with Crippen molar-refractivity contribution in [3.8, 4) is 5.75 Å². The summed E-state index contributed by atoms with van der Waals surface area (Å²) in [4.78, 5) is 1.71. The summed E-state index contributed by atoms with van der Waals surface area (Å²) >= 11 is 0. The van der Waals surface area contributed by atoms with Gasteiger partial charge >= 0.3 is 6.18 Å². The van der Waals surface area contributed by atoms with E-state index < -0.39 is 33.5 Å². The Morgan fingerprint density at radius 3 is 2.23 bits per heavy atom. The lowest BCUT2D eigenvalue weighted by molar-refractivity contribution is -0.137. The Hall–Kier alpha value is -2.95. The summed E-state index contributed by atoms with van der Waals surface area (Å²) in [6.07, 6.45) is -4.40. The van der Waals surface area contributed by atoms with Crippen LogP contribution in [0.3, 0.4) is 0 Å². The van der Waals surface area contributed by atoms with Gasteiger partial charge in [0.25, 0.3) is 0 Å². The van der Waals surface area contributed by atoms with Crippen LogP contribution in [0.5, 0.6) is 5.75 Å². The molecule has 10 heteroatoms. The van der Waals surface area contributed by atoms with E-state index in [1.165, 1.54) is 19.1 Å². The molecule has 0 saturated carbocycles. The minimum Gasteiger partial charge on any atom is -0.493 e. The molecule has 1 atom stereocenters. The van der Waals surface area contributed by atoms with Crippen molar-refractivity contribution in [2.24, 2.45) is 0 Å². The van der Waals surface area contributed by atoms with Gasteiger partial charge in [0.05, 0.1) is 23.2 Å². The van der Waals surface area contributed by atoms with Gasteiger partial charge in [-0.2, -0.15) is 13.2 Å². The van der Waals surface area contributed by atoms with Gasteiger partial charge in [0.1, 0.15) is 11.6 Å². The molecule has 1 unspecified atom stereocenters. The SMILES string of the molecule is CC(O)c1c(F)cc(OCCCN(Cc2cccc(C(F)(F)F)c2)CC(C)(C)c2ccccc2)cc1S(C)(=O)=O. The maximum absolute atomic E-state index is 14.6. The number of alkyl halides is 3. The number of sulfone groups is 1. The van der Waals surface area contributed by atoms with Crippen LogP contribution in [0.1, 0.15) is 55.5 Å². The summed E-state index contributed by atoms with van der Waals surface area (Å²) in [6, 6.07) is 17.3. The second-order valence-electron chi connectivity index (χ2n) is 10.6. The highest BCUT2D eigenvalue weighted by atomic mass is 32.2. The minimum atomic E-state index is -4.44. The average molecular weight is 582 g/mol. The maximum atomic E-state index is 14.6. The van der Waals surface area contributed by atoms with Crippen LogP contribution in [-0.2, 0) is 28.0 Å². The molecule has 0 aliphatic heterocycles. The predicted molar refractivity (Wildman–Crippen MR) is 146 cm³/mol. The van der Waals surface area contributed by atoms with E-state index in [0.29, 0.717) is 25.1 Å². The second-order valence-corrected chi connectivity index (χ2v) is 12.6. The van der Waals surface area contributed by atoms with E-state index in [0.717, 1.165) is 30.0 Å². The second kappa shape index (κ2) is 12.7. The molecule has 3 rings (SSSR count). The molecule has 0 amide bonds. The molecule has 1 N–H and O–H groups in total. The highest BCUT2D eigenvalue weighted by Gasteiger charge is 2.31. The summed E-state index contributed by atoms with van der Waals surface area (Å²) in [5.41, 5.74) is 0.273. The van der Waals surface area contributed by atoms with Gasteiger partial charge in [-0.25, -0.2) is 12.8 Å². The highest BCUT2D eigenvalue weighted by Crippen LogP contribution is 2.32. The molecule has 0 aromatic heterocycles. The molecule has 0 bridgehead atoms. The van der Waals surface area contributed by atoms with Crippen molar-refractivity contribution in [2.75, 3.05) is 26.0 Å². The van der Waals surface area contributed by atoms with Crippen molar-refractivity contribution < 1.29 is 35.8 Å². The molecule has 3 aromatic carbocycles. The molecule has 0 heterocycles. The van der Waals surface area contributed by atoms with Gasteiger partial charge in [-0.3, -0.25) is 4.90 Å². The molecule has 0 aliphatic carbocycles. The minimum absolute atomic E-state index is 0.0105. The quantitative estimate of drug-likeness (QED) is 0.194. The van der Waals surface area contributed by atoms with Crippen LogP contribution in [0.2, 0.25) is 0 Å². The standard InChI is InChI=1S/C30H35F4NO4S/c1-21(36)28-26(31)17-25(18-27(28)40(4,37)38)39-15-9-14-35(20-29(2,3)23-11-6-5-7-12-23)19-22-10-8-13-24(16-22)30(32,33)34/h5-8,10-13,16-18,21,36H,9,14-15,19-20H2,1-4H3. The first-order chi connectivity index (χ1) is 18.6. The number of halogens is 4. The van der Waals surface area contributed by atoms with Gasteiger partial charge in [0.15, 0.2) is 9.84 Å². The Labute approximate surface area is 233 Å². The summed E-state index contributed by atoms with van der Waals surface area (Å²) < 4.78 is 84.6. The zero-order valence-corrected chi connectivity index (χ0v) is 23.8. The van der Waals surface area contributed by atoms with Crippen LogP contribution in [0.25, 0.3) is 0 Å². The van der Waals surface area contributed by atoms with E-state index in [1.54, 1.807) is 6.07 Å². The summed E-state index contributed by atoms with van der Waals surface area (Å²) in [5, 5.41) is 9.86. The number of aliphatic hydroxyl groups excluding tert-OH is 1. The Bertz CT molecular complexity index is 1390. The Balaban J connectivity index is 1.77. The van der Waals surface area contributed by atoms with Crippen molar-refractivity contribution in [1.82, 2.24) is 4.90 Å². The lowest BCUT2D eigenvalue weighted by atomic mass is 9.84. The summed E-state index contributed by atoms with van der Waals surface area (Å²) in [5.74, 6) is -0.875. The van der Waals surface area contributed by atoms with Crippen molar-refractivity contribution in [3.63, 3.8) is 0 Å². The monoisotopic (exact) mass is 581 g/mol. The van der Waals surface area contributed by atoms with E-state index in [1.807, 2.05) is 35.2 Å². The summed E-state index contributed by atoms with van der Waals surface area (Å²) in [7, 11) is -3.83. The fraction of sp³-hybridized carbons (Fsp3) is 0.400. The predicted octanol–water partition coefficient (Wildman–Crippen LogP) is 6.55. The molecule has 0 radical (unpaired) electrons. The smallest absolute Gasteiger partial charge is 0.416 e. The molecular weight excluding hydrogens is 546 g/mol. The number of ether oxygens (including phenoxy) is 1. The van der Waals surface area contributed by atoms with Crippen LogP contribution >= 0.6 is 0 Å². The Kier molecular flexibility index (Phi) is 10.0. The molecule has 0 spiro atoms. The molecule has 3 aromatic rings.